The van der Waals surface area contributed by atoms with E-state index < -0.39 is 6.16 Å². The summed E-state index contributed by atoms with van der Waals surface area (Å²) in [6.45, 7) is 0. The van der Waals surface area contributed by atoms with Crippen LogP contribution in [0.2, 0.25) is 0 Å². The van der Waals surface area contributed by atoms with Gasteiger partial charge in [-0.25, -0.2) is 4.79 Å². The molecule has 0 aliphatic heterocycles. The summed E-state index contributed by atoms with van der Waals surface area (Å²) in [7, 11) is 0. The van der Waals surface area contributed by atoms with Crippen molar-refractivity contribution < 1.29 is 14.6 Å². The topological polar surface area (TPSA) is 46.5 Å². The van der Waals surface area contributed by atoms with Crippen molar-refractivity contribution in [2.75, 3.05) is 0 Å². The van der Waals surface area contributed by atoms with Gasteiger partial charge in [-0.15, -0.1) is 0 Å². The second kappa shape index (κ2) is 5.89. The molecule has 0 spiro atoms. The predicted octanol–water partition coefficient (Wildman–Crippen LogP) is 5.05. The zero-order valence-electron chi connectivity index (χ0n) is 11.0. The van der Waals surface area contributed by atoms with E-state index in [0.717, 1.165) is 20.6 Å². The van der Waals surface area contributed by atoms with Crippen LogP contribution in [-0.4, -0.2) is 11.3 Å². The molecule has 0 radical (unpaired) electrons. The van der Waals surface area contributed by atoms with E-state index in [4.69, 9.17) is 9.84 Å². The Morgan fingerprint density at radius 3 is 2.24 bits per heavy atom. The van der Waals surface area contributed by atoms with E-state index in [2.05, 4.69) is 0 Å². The molecule has 0 amide bonds. The quantitative estimate of drug-likeness (QED) is 0.543. The highest BCUT2D eigenvalue weighted by molar-refractivity contribution is 7.99. The third kappa shape index (κ3) is 3.01. The van der Waals surface area contributed by atoms with Crippen LogP contribution in [0.1, 0.15) is 0 Å². The monoisotopic (exact) mass is 296 g/mol. The highest BCUT2D eigenvalue weighted by atomic mass is 32.2. The van der Waals surface area contributed by atoms with Gasteiger partial charge in [-0.05, 0) is 29.7 Å². The van der Waals surface area contributed by atoms with Crippen LogP contribution in [0.4, 0.5) is 4.79 Å². The molecular weight excluding hydrogens is 284 g/mol. The molecule has 0 heterocycles. The predicted molar refractivity (Wildman–Crippen MR) is 83.2 cm³/mol. The maximum absolute atomic E-state index is 10.8. The van der Waals surface area contributed by atoms with Gasteiger partial charge in [0.25, 0.3) is 0 Å². The van der Waals surface area contributed by atoms with Crippen molar-refractivity contribution in [1.29, 1.82) is 0 Å². The van der Waals surface area contributed by atoms with Gasteiger partial charge in [0.15, 0.2) is 0 Å². The molecule has 0 bridgehead atoms. The normalized spacial score (nSPS) is 10.5. The first-order valence-electron chi connectivity index (χ1n) is 6.39. The van der Waals surface area contributed by atoms with Crippen LogP contribution in [-0.2, 0) is 0 Å². The van der Waals surface area contributed by atoms with E-state index in [1.807, 2.05) is 60.7 Å². The van der Waals surface area contributed by atoms with Gasteiger partial charge in [0.1, 0.15) is 5.75 Å². The first kappa shape index (κ1) is 13.5. The molecule has 1 N–H and O–H groups in total. The Balaban J connectivity index is 2.06. The van der Waals surface area contributed by atoms with Crippen LogP contribution in [0.15, 0.2) is 76.5 Å². The fourth-order valence-electron chi connectivity index (χ4n) is 2.13. The molecule has 0 aliphatic carbocycles. The number of carboxylic acid groups (broad SMARTS) is 1. The first-order valence-corrected chi connectivity index (χ1v) is 7.21. The molecule has 21 heavy (non-hydrogen) atoms. The third-order valence-electron chi connectivity index (χ3n) is 3.01. The van der Waals surface area contributed by atoms with Crippen LogP contribution < -0.4 is 4.74 Å². The molecule has 3 nitrogen and oxygen atoms in total. The number of ether oxygens (including phenoxy) is 1. The summed E-state index contributed by atoms with van der Waals surface area (Å²) in [5, 5.41) is 10.6. The van der Waals surface area contributed by atoms with Gasteiger partial charge in [0.2, 0.25) is 0 Å². The summed E-state index contributed by atoms with van der Waals surface area (Å²) in [6, 6.07) is 21.3. The van der Waals surface area contributed by atoms with Crippen LogP contribution >= 0.6 is 11.8 Å². The Morgan fingerprint density at radius 1 is 0.857 bits per heavy atom. The molecule has 0 atom stereocenters. The minimum absolute atomic E-state index is 0.357. The maximum atomic E-state index is 10.8. The highest BCUT2D eigenvalue weighted by Gasteiger charge is 2.10. The lowest BCUT2D eigenvalue weighted by Crippen LogP contribution is -2.03. The zero-order valence-corrected chi connectivity index (χ0v) is 11.8. The summed E-state index contributed by atoms with van der Waals surface area (Å²) in [4.78, 5) is 13.0. The summed E-state index contributed by atoms with van der Waals surface area (Å²) in [5.74, 6) is 0.357. The molecule has 104 valence electrons. The van der Waals surface area contributed by atoms with Gasteiger partial charge >= 0.3 is 6.16 Å². The lowest BCUT2D eigenvalue weighted by atomic mass is 10.1. The smallest absolute Gasteiger partial charge is 0.449 e. The van der Waals surface area contributed by atoms with Crippen molar-refractivity contribution in [2.45, 2.75) is 9.79 Å². The lowest BCUT2D eigenvalue weighted by molar-refractivity contribution is 0.145. The fraction of sp³-hybridized carbons (Fsp3) is 0. The molecule has 0 fully saturated rings. The summed E-state index contributed by atoms with van der Waals surface area (Å²) < 4.78 is 4.84. The summed E-state index contributed by atoms with van der Waals surface area (Å²) in [5.41, 5.74) is 0. The van der Waals surface area contributed by atoms with Crippen molar-refractivity contribution >= 4 is 28.7 Å². The Labute approximate surface area is 126 Å². The fourth-order valence-corrected chi connectivity index (χ4v) is 3.10. The molecular formula is C17H12O3S. The SMILES string of the molecule is O=C(O)Oc1ccc(Sc2ccccc2)c2ccccc12. The minimum atomic E-state index is -1.30. The first-order chi connectivity index (χ1) is 10.2. The van der Waals surface area contributed by atoms with Crippen LogP contribution in [0.25, 0.3) is 10.8 Å². The Kier molecular flexibility index (Phi) is 3.79. The van der Waals surface area contributed by atoms with Crippen molar-refractivity contribution in [3.8, 4) is 5.75 Å². The van der Waals surface area contributed by atoms with Crippen molar-refractivity contribution in [3.05, 3.63) is 66.7 Å². The van der Waals surface area contributed by atoms with E-state index in [9.17, 15) is 4.79 Å². The Hall–Kier alpha value is -2.46. The Bertz CT molecular complexity index is 784. The maximum Gasteiger partial charge on any atom is 0.511 e. The number of fused-ring (bicyclic) bond motifs is 1. The van der Waals surface area contributed by atoms with Gasteiger partial charge in [0, 0.05) is 15.2 Å². The van der Waals surface area contributed by atoms with Gasteiger partial charge in [-0.2, -0.15) is 0 Å². The number of hydrogen-bond acceptors (Lipinski definition) is 3. The minimum Gasteiger partial charge on any atom is -0.449 e. The van der Waals surface area contributed by atoms with Crippen LogP contribution in [0, 0.1) is 0 Å². The number of hydrogen-bond donors (Lipinski definition) is 1. The van der Waals surface area contributed by atoms with E-state index in [1.54, 1.807) is 17.8 Å². The van der Waals surface area contributed by atoms with Crippen molar-refractivity contribution in [3.63, 3.8) is 0 Å². The number of rotatable bonds is 3. The zero-order chi connectivity index (χ0) is 14.7. The molecule has 0 aromatic heterocycles. The molecule has 3 aromatic rings. The summed E-state index contributed by atoms with van der Waals surface area (Å²) >= 11 is 1.64. The number of benzene rings is 3. The van der Waals surface area contributed by atoms with Crippen LogP contribution in [0.5, 0.6) is 5.75 Å². The molecule has 4 heteroatoms. The van der Waals surface area contributed by atoms with E-state index >= 15 is 0 Å². The molecule has 0 aliphatic rings. The van der Waals surface area contributed by atoms with Crippen molar-refractivity contribution in [1.82, 2.24) is 0 Å². The Morgan fingerprint density at radius 2 is 1.52 bits per heavy atom. The second-order valence-corrected chi connectivity index (χ2v) is 5.51. The molecule has 0 unspecified atom stereocenters. The highest BCUT2D eigenvalue weighted by Crippen LogP contribution is 2.37. The lowest BCUT2D eigenvalue weighted by Gasteiger charge is -2.10. The molecule has 0 saturated carbocycles. The summed E-state index contributed by atoms with van der Waals surface area (Å²) in [6.07, 6.45) is -1.30. The van der Waals surface area contributed by atoms with Gasteiger partial charge in [-0.3, -0.25) is 0 Å². The van der Waals surface area contributed by atoms with Gasteiger partial charge < -0.3 is 9.84 Å². The number of carbonyl (C=O) groups is 1. The van der Waals surface area contributed by atoms with Crippen LogP contribution in [0.3, 0.4) is 0 Å². The third-order valence-corrected chi connectivity index (χ3v) is 4.10. The standard InChI is InChI=1S/C17H12O3S/c18-17(19)20-15-10-11-16(14-9-5-4-8-13(14)15)21-12-6-2-1-3-7-12/h1-11H,(H,18,19). The molecule has 3 aromatic carbocycles. The van der Waals surface area contributed by atoms with Gasteiger partial charge in [-0.1, -0.05) is 54.2 Å². The largest absolute Gasteiger partial charge is 0.511 e. The molecule has 3 rings (SSSR count). The van der Waals surface area contributed by atoms with E-state index in [-0.39, 0.29) is 0 Å². The van der Waals surface area contributed by atoms with E-state index in [0.29, 0.717) is 5.75 Å². The van der Waals surface area contributed by atoms with Gasteiger partial charge in [0.05, 0.1) is 0 Å². The average molecular weight is 296 g/mol. The molecule has 0 saturated heterocycles. The second-order valence-electron chi connectivity index (χ2n) is 4.39. The van der Waals surface area contributed by atoms with Crippen molar-refractivity contribution in [2.24, 2.45) is 0 Å². The van der Waals surface area contributed by atoms with E-state index in [1.165, 1.54) is 0 Å². The average Bonchev–Trinajstić information content (AvgIpc) is 2.50.